The van der Waals surface area contributed by atoms with Gasteiger partial charge in [0, 0.05) is 35.1 Å². The molecule has 0 spiro atoms. The maximum Gasteiger partial charge on any atom is 0.312 e. The van der Waals surface area contributed by atoms with Crippen molar-refractivity contribution in [1.82, 2.24) is 0 Å². The van der Waals surface area contributed by atoms with E-state index in [-0.39, 0.29) is 59.2 Å². The number of carbonyl (C=O) groups is 2. The lowest BCUT2D eigenvalue weighted by atomic mass is 9.86. The van der Waals surface area contributed by atoms with Gasteiger partial charge in [0.2, 0.25) is 0 Å². The summed E-state index contributed by atoms with van der Waals surface area (Å²) < 4.78 is 10.2. The molecular formula is C30H24O10. The van der Waals surface area contributed by atoms with Crippen LogP contribution in [0.3, 0.4) is 0 Å². The van der Waals surface area contributed by atoms with E-state index in [2.05, 4.69) is 0 Å². The maximum atomic E-state index is 11.7. The third kappa shape index (κ3) is 5.28. The van der Waals surface area contributed by atoms with Gasteiger partial charge in [-0.1, -0.05) is 24.3 Å². The first-order chi connectivity index (χ1) is 19.1. The second kappa shape index (κ2) is 10.4. The number of esters is 2. The monoisotopic (exact) mass is 544 g/mol. The summed E-state index contributed by atoms with van der Waals surface area (Å²) in [6, 6.07) is 18.1. The number of carbonyl (C=O) groups excluding carboxylic acids is 2. The number of benzene rings is 4. The van der Waals surface area contributed by atoms with Crippen LogP contribution >= 0.6 is 0 Å². The van der Waals surface area contributed by atoms with Crippen molar-refractivity contribution in [3.05, 3.63) is 95.1 Å². The Morgan fingerprint density at radius 3 is 1.27 bits per heavy atom. The van der Waals surface area contributed by atoms with E-state index in [4.69, 9.17) is 9.47 Å². The maximum absolute atomic E-state index is 11.7. The molecule has 0 unspecified atom stereocenters. The van der Waals surface area contributed by atoms with Crippen LogP contribution in [-0.4, -0.2) is 42.6 Å². The molecule has 204 valence electrons. The van der Waals surface area contributed by atoms with Crippen molar-refractivity contribution < 1.29 is 49.7 Å². The van der Waals surface area contributed by atoms with Crippen molar-refractivity contribution in [2.75, 3.05) is 0 Å². The molecule has 2 atom stereocenters. The highest BCUT2D eigenvalue weighted by Crippen LogP contribution is 2.43. The Morgan fingerprint density at radius 1 is 0.500 bits per heavy atom. The van der Waals surface area contributed by atoms with Crippen LogP contribution in [0.25, 0.3) is 0 Å². The van der Waals surface area contributed by atoms with E-state index in [0.29, 0.717) is 22.6 Å². The summed E-state index contributed by atoms with van der Waals surface area (Å²) in [5.74, 6) is -1.58. The molecule has 4 aromatic rings. The normalized spacial score (nSPS) is 17.4. The van der Waals surface area contributed by atoms with Crippen LogP contribution in [0, 0.1) is 0 Å². The highest BCUT2D eigenvalue weighted by Gasteiger charge is 2.30. The van der Waals surface area contributed by atoms with Gasteiger partial charge in [-0.2, -0.15) is 0 Å². The molecule has 0 aromatic heterocycles. The molecule has 2 aliphatic heterocycles. The summed E-state index contributed by atoms with van der Waals surface area (Å²) in [5, 5.41) is 56.8. The minimum absolute atomic E-state index is 0.0192. The third-order valence-corrected chi connectivity index (χ3v) is 6.74. The van der Waals surface area contributed by atoms with Gasteiger partial charge in [0.25, 0.3) is 0 Å². The van der Waals surface area contributed by atoms with Crippen molar-refractivity contribution in [2.24, 2.45) is 0 Å². The van der Waals surface area contributed by atoms with E-state index in [1.54, 1.807) is 24.3 Å². The first-order valence-corrected chi connectivity index (χ1v) is 12.2. The minimum atomic E-state index is -0.402. The first-order valence-electron chi connectivity index (χ1n) is 12.2. The minimum Gasteiger partial charge on any atom is -0.508 e. The Hall–Kier alpha value is -5.38. The summed E-state index contributed by atoms with van der Waals surface area (Å²) in [5.41, 5.74) is 2.91. The Kier molecular flexibility index (Phi) is 6.83. The molecule has 2 heterocycles. The van der Waals surface area contributed by atoms with Gasteiger partial charge in [0.05, 0.1) is 12.8 Å². The van der Waals surface area contributed by atoms with Gasteiger partial charge in [-0.25, -0.2) is 0 Å². The zero-order chi connectivity index (χ0) is 28.6. The lowest BCUT2D eigenvalue weighted by molar-refractivity contribution is -0.136. The van der Waals surface area contributed by atoms with E-state index in [9.17, 15) is 40.2 Å². The van der Waals surface area contributed by atoms with Gasteiger partial charge >= 0.3 is 11.9 Å². The number of aromatic hydroxyl groups is 6. The highest BCUT2D eigenvalue weighted by atomic mass is 16.5. The van der Waals surface area contributed by atoms with Crippen molar-refractivity contribution >= 4 is 11.9 Å². The Labute approximate surface area is 227 Å². The molecule has 0 amide bonds. The molecular weight excluding hydrogens is 520 g/mol. The van der Waals surface area contributed by atoms with Gasteiger partial charge in [0.15, 0.2) is 23.0 Å². The summed E-state index contributed by atoms with van der Waals surface area (Å²) in [7, 11) is 0. The van der Waals surface area contributed by atoms with Gasteiger partial charge in [-0.3, -0.25) is 9.59 Å². The molecule has 10 nitrogen and oxygen atoms in total. The van der Waals surface area contributed by atoms with Gasteiger partial charge < -0.3 is 40.1 Å². The summed E-state index contributed by atoms with van der Waals surface area (Å²) >= 11 is 0. The fourth-order valence-corrected chi connectivity index (χ4v) is 4.79. The second-order valence-corrected chi connectivity index (χ2v) is 9.40. The molecule has 10 heteroatoms. The zero-order valence-corrected chi connectivity index (χ0v) is 20.8. The van der Waals surface area contributed by atoms with E-state index in [0.717, 1.165) is 11.1 Å². The number of rotatable bonds is 2. The summed E-state index contributed by atoms with van der Waals surface area (Å²) in [4.78, 5) is 23.3. The smallest absolute Gasteiger partial charge is 0.312 e. The van der Waals surface area contributed by atoms with E-state index in [1.165, 1.54) is 48.5 Å². The predicted molar refractivity (Wildman–Crippen MR) is 140 cm³/mol. The van der Waals surface area contributed by atoms with Crippen molar-refractivity contribution in [2.45, 2.75) is 24.7 Å². The molecule has 0 radical (unpaired) electrons. The van der Waals surface area contributed by atoms with Crippen LogP contribution in [-0.2, 0) is 9.59 Å². The van der Waals surface area contributed by atoms with Gasteiger partial charge in [-0.05, 0) is 47.5 Å². The van der Waals surface area contributed by atoms with Crippen LogP contribution in [0.1, 0.15) is 46.9 Å². The van der Waals surface area contributed by atoms with E-state index in [1.807, 2.05) is 0 Å². The molecule has 0 aliphatic carbocycles. The zero-order valence-electron chi connectivity index (χ0n) is 20.8. The fraction of sp³-hybridized carbons (Fsp3) is 0.133. The fourth-order valence-electron chi connectivity index (χ4n) is 4.79. The highest BCUT2D eigenvalue weighted by molar-refractivity contribution is 5.79. The standard InChI is InChI=1S/2C15H12O5/c2*16-9-2-3-10-11(7-15(19)20-14(10)6-9)8-1-4-12(17)13(18)5-8/h2*1-6,11,16-18H,7H2/t2*11-/m10/s1. The van der Waals surface area contributed by atoms with Crippen molar-refractivity contribution in [3.63, 3.8) is 0 Å². The van der Waals surface area contributed by atoms with Crippen LogP contribution in [0.5, 0.6) is 46.0 Å². The van der Waals surface area contributed by atoms with E-state index < -0.39 is 11.9 Å². The number of phenols is 6. The molecule has 0 saturated heterocycles. The Morgan fingerprint density at radius 2 is 0.900 bits per heavy atom. The molecule has 6 rings (SSSR count). The molecule has 2 aliphatic rings. The summed E-state index contributed by atoms with van der Waals surface area (Å²) in [6.07, 6.45) is 0.282. The second-order valence-electron chi connectivity index (χ2n) is 9.40. The largest absolute Gasteiger partial charge is 0.508 e. The number of fused-ring (bicyclic) bond motifs is 2. The summed E-state index contributed by atoms with van der Waals surface area (Å²) in [6.45, 7) is 0. The molecule has 4 aromatic carbocycles. The van der Waals surface area contributed by atoms with E-state index >= 15 is 0 Å². The number of phenolic OH excluding ortho intramolecular Hbond substituents is 6. The SMILES string of the molecule is O=C1C[C@@H](c2ccc(O)c(O)c2)c2ccc(O)cc2O1.O=C1C[C@H](c2ccc(O)c(O)c2)c2ccc(O)cc2O1. The van der Waals surface area contributed by atoms with Crippen LogP contribution in [0.4, 0.5) is 0 Å². The number of hydrogen-bond donors (Lipinski definition) is 6. The third-order valence-electron chi connectivity index (χ3n) is 6.74. The lowest BCUT2D eigenvalue weighted by Crippen LogP contribution is -2.20. The number of ether oxygens (including phenoxy) is 2. The molecule has 0 bridgehead atoms. The predicted octanol–water partition coefficient (Wildman–Crippen LogP) is 4.49. The van der Waals surface area contributed by atoms with Crippen LogP contribution in [0.15, 0.2) is 72.8 Å². The molecule has 40 heavy (non-hydrogen) atoms. The molecule has 0 fully saturated rings. The lowest BCUT2D eigenvalue weighted by Gasteiger charge is -2.25. The van der Waals surface area contributed by atoms with Crippen LogP contribution < -0.4 is 9.47 Å². The average Bonchev–Trinajstić information content (AvgIpc) is 2.90. The molecule has 6 N–H and O–H groups in total. The first kappa shape index (κ1) is 26.2. The van der Waals surface area contributed by atoms with Gasteiger partial charge in [0.1, 0.15) is 23.0 Å². The topological polar surface area (TPSA) is 174 Å². The number of hydrogen-bond acceptors (Lipinski definition) is 10. The Balaban J connectivity index is 0.000000161. The Bertz CT molecular complexity index is 1510. The van der Waals surface area contributed by atoms with Crippen molar-refractivity contribution in [1.29, 1.82) is 0 Å². The van der Waals surface area contributed by atoms with Crippen LogP contribution in [0.2, 0.25) is 0 Å². The molecule has 0 saturated carbocycles. The van der Waals surface area contributed by atoms with Gasteiger partial charge in [-0.15, -0.1) is 0 Å². The average molecular weight is 545 g/mol. The van der Waals surface area contributed by atoms with Crippen molar-refractivity contribution in [3.8, 4) is 46.0 Å². The quantitative estimate of drug-likeness (QED) is 0.120.